The van der Waals surface area contributed by atoms with Gasteiger partial charge in [-0.05, 0) is 87.1 Å². The lowest BCUT2D eigenvalue weighted by atomic mass is 9.96. The monoisotopic (exact) mass is 851 g/mol. The van der Waals surface area contributed by atoms with Crippen molar-refractivity contribution in [2.45, 2.75) is 128 Å². The van der Waals surface area contributed by atoms with Crippen molar-refractivity contribution in [3.63, 3.8) is 0 Å². The topological polar surface area (TPSA) is 327 Å². The van der Waals surface area contributed by atoms with Gasteiger partial charge in [-0.15, -0.1) is 0 Å². The van der Waals surface area contributed by atoms with Gasteiger partial charge >= 0.3 is 5.97 Å². The quantitative estimate of drug-likeness (QED) is 0.0457. The smallest absolute Gasteiger partial charge is 0.325 e. The number of nitrogens with two attached hydrogens (primary N) is 3. The number of hydrogen-bond acceptors (Lipinski definition) is 12. The molecule has 0 saturated heterocycles. The molecule has 1 aromatic carbocycles. The second-order valence-corrected chi connectivity index (χ2v) is 15.9. The molecule has 0 bridgehead atoms. The van der Waals surface area contributed by atoms with Crippen LogP contribution in [-0.2, 0) is 44.8 Å². The average molecular weight is 852 g/mol. The van der Waals surface area contributed by atoms with E-state index in [0.29, 0.717) is 37.1 Å². The molecule has 0 radical (unpaired) electrons. The number of carboxylic acids is 1. The van der Waals surface area contributed by atoms with Gasteiger partial charge in [0.25, 0.3) is 0 Å². The molecule has 7 amide bonds. The second kappa shape index (κ2) is 26.9. The maximum atomic E-state index is 14.0. The Hall–Kier alpha value is -4.95. The van der Waals surface area contributed by atoms with Crippen molar-refractivity contribution >= 4 is 59.1 Å². The summed E-state index contributed by atoms with van der Waals surface area (Å²) in [4.78, 5) is 105. The molecular weight excluding hydrogens is 787 g/mol. The van der Waals surface area contributed by atoms with Gasteiger partial charge in [0.15, 0.2) is 0 Å². The zero-order chi connectivity index (χ0) is 44.8. The number of hydrogen-bond donors (Lipinski definition) is 11. The average Bonchev–Trinajstić information content (AvgIpc) is 3.18. The van der Waals surface area contributed by atoms with Gasteiger partial charge in [-0.25, -0.2) is 0 Å². The van der Waals surface area contributed by atoms with Crippen LogP contribution in [0.1, 0.15) is 85.1 Å². The Balaban J connectivity index is 3.49. The number of nitrogens with one attached hydrogen (secondary N) is 6. The van der Waals surface area contributed by atoms with Crippen LogP contribution in [0.25, 0.3) is 0 Å². The molecule has 0 spiro atoms. The van der Waals surface area contributed by atoms with Gasteiger partial charge in [-0.1, -0.05) is 46.2 Å². The van der Waals surface area contributed by atoms with E-state index in [1.807, 2.05) is 0 Å². The van der Waals surface area contributed by atoms with Crippen LogP contribution in [0.15, 0.2) is 24.3 Å². The Kier molecular flexibility index (Phi) is 23.8. The lowest BCUT2D eigenvalue weighted by Gasteiger charge is -2.29. The van der Waals surface area contributed by atoms with Crippen LogP contribution in [-0.4, -0.2) is 118 Å². The lowest BCUT2D eigenvalue weighted by molar-refractivity contribution is -0.142. The summed E-state index contributed by atoms with van der Waals surface area (Å²) < 4.78 is 0. The number of phenols is 1. The maximum Gasteiger partial charge on any atom is 0.325 e. The number of benzene rings is 1. The first-order valence-corrected chi connectivity index (χ1v) is 21.2. The zero-order valence-electron chi connectivity index (χ0n) is 34.9. The van der Waals surface area contributed by atoms with E-state index in [9.17, 15) is 48.6 Å². The number of carboxylic acid groups (broad SMARTS) is 1. The van der Waals surface area contributed by atoms with E-state index >= 15 is 0 Å². The summed E-state index contributed by atoms with van der Waals surface area (Å²) in [7, 11) is 0. The third-order valence-electron chi connectivity index (χ3n) is 9.69. The number of thioether (sulfide) groups is 1. The first-order valence-electron chi connectivity index (χ1n) is 19.8. The summed E-state index contributed by atoms with van der Waals surface area (Å²) in [6.07, 6.45) is 2.81. The van der Waals surface area contributed by atoms with E-state index in [4.69, 9.17) is 17.2 Å². The van der Waals surface area contributed by atoms with E-state index in [0.717, 1.165) is 0 Å². The number of amides is 7. The number of carbonyl (C=O) groups is 8. The standard InChI is InChI=1S/C39H65N9O10S/c1-7-22(4)32(38(56)43-23(5)39(57)58)48-36(54)29(20-24-11-13-25(49)14-12-24)47-34(52)27(15-16-30(41)50)44-35(53)28(17-19-59-6)45-33(51)26(10-8-9-18-40)46-37(55)31(42)21(2)3/h11-14,21-23,26-29,31-32,49H,7-10,15-20,40,42H2,1-6H3,(H2,41,50)(H,43,56)(H,44,53)(H,45,51)(H,46,55)(H,47,52)(H,48,54)(H,57,58)/t22-,23+,26+,27+,28+,29+,31+,32+/m0/s1. The van der Waals surface area contributed by atoms with Crippen LogP contribution < -0.4 is 49.1 Å². The van der Waals surface area contributed by atoms with E-state index in [2.05, 4.69) is 31.9 Å². The molecule has 0 heterocycles. The molecule has 0 unspecified atom stereocenters. The minimum absolute atomic E-state index is 0.0550. The Morgan fingerprint density at radius 1 is 0.695 bits per heavy atom. The maximum absolute atomic E-state index is 14.0. The molecule has 0 saturated carbocycles. The van der Waals surface area contributed by atoms with Crippen LogP contribution in [0, 0.1) is 11.8 Å². The number of primary amides is 1. The molecule has 0 aromatic heterocycles. The predicted molar refractivity (Wildman–Crippen MR) is 223 cm³/mol. The Morgan fingerprint density at radius 3 is 1.69 bits per heavy atom. The molecule has 0 aliphatic carbocycles. The first kappa shape index (κ1) is 52.1. The van der Waals surface area contributed by atoms with Crippen molar-refractivity contribution in [3.05, 3.63) is 29.8 Å². The van der Waals surface area contributed by atoms with Crippen LogP contribution in [0.5, 0.6) is 5.75 Å². The third kappa shape index (κ3) is 19.1. The number of phenolic OH excluding ortho intramolecular Hbond substituents is 1. The molecule has 8 atom stereocenters. The van der Waals surface area contributed by atoms with Crippen molar-refractivity contribution in [2.75, 3.05) is 18.6 Å². The normalized spacial score (nSPS) is 15.2. The molecule has 20 heteroatoms. The SMILES string of the molecule is CC[C@H](C)[C@@H](NC(=O)[C@@H](Cc1ccc(O)cc1)NC(=O)[C@@H](CCC(N)=O)NC(=O)[C@@H](CCSC)NC(=O)[C@@H](CCCCN)NC(=O)[C@H](N)C(C)C)C(=O)N[C@H](C)C(=O)O. The molecule has 0 fully saturated rings. The van der Waals surface area contributed by atoms with Gasteiger partial charge in [0.1, 0.15) is 42.0 Å². The molecule has 59 heavy (non-hydrogen) atoms. The molecule has 19 nitrogen and oxygen atoms in total. The summed E-state index contributed by atoms with van der Waals surface area (Å²) in [5.41, 5.74) is 17.6. The van der Waals surface area contributed by atoms with Gasteiger partial charge < -0.3 is 59.3 Å². The molecule has 0 aliphatic rings. The van der Waals surface area contributed by atoms with Crippen molar-refractivity contribution in [1.29, 1.82) is 0 Å². The number of rotatable bonds is 28. The van der Waals surface area contributed by atoms with Gasteiger partial charge in [-0.2, -0.15) is 11.8 Å². The molecule has 1 aromatic rings. The van der Waals surface area contributed by atoms with E-state index in [-0.39, 0.29) is 43.8 Å². The van der Waals surface area contributed by atoms with Crippen LogP contribution in [0.3, 0.4) is 0 Å². The van der Waals surface area contributed by atoms with E-state index in [1.54, 1.807) is 34.0 Å². The lowest BCUT2D eigenvalue weighted by Crippen LogP contribution is -2.60. The zero-order valence-corrected chi connectivity index (χ0v) is 35.7. The fraction of sp³-hybridized carbons (Fsp3) is 0.641. The van der Waals surface area contributed by atoms with Crippen molar-refractivity contribution in [3.8, 4) is 5.75 Å². The van der Waals surface area contributed by atoms with Gasteiger partial charge in [-0.3, -0.25) is 38.4 Å². The van der Waals surface area contributed by atoms with Gasteiger partial charge in [0.2, 0.25) is 41.4 Å². The van der Waals surface area contributed by atoms with Crippen LogP contribution >= 0.6 is 11.8 Å². The number of aliphatic carboxylic acids is 1. The summed E-state index contributed by atoms with van der Waals surface area (Å²) in [5, 5.41) is 34.7. The van der Waals surface area contributed by atoms with Gasteiger partial charge in [0, 0.05) is 12.8 Å². The van der Waals surface area contributed by atoms with E-state index in [1.165, 1.54) is 43.0 Å². The number of unbranched alkanes of at least 4 members (excludes halogenated alkanes) is 1. The highest BCUT2D eigenvalue weighted by Crippen LogP contribution is 2.14. The number of carbonyl (C=O) groups excluding carboxylic acids is 7. The summed E-state index contributed by atoms with van der Waals surface area (Å²) in [6, 6.07) is -2.67. The molecule has 14 N–H and O–H groups in total. The largest absolute Gasteiger partial charge is 0.508 e. The fourth-order valence-corrected chi connectivity index (χ4v) is 6.08. The molecule has 0 aliphatic heterocycles. The van der Waals surface area contributed by atoms with Crippen molar-refractivity contribution in [1.82, 2.24) is 31.9 Å². The molecular formula is C39H65N9O10S. The van der Waals surface area contributed by atoms with Crippen molar-refractivity contribution < 1.29 is 48.6 Å². The highest BCUT2D eigenvalue weighted by Gasteiger charge is 2.35. The van der Waals surface area contributed by atoms with Crippen LogP contribution in [0.4, 0.5) is 0 Å². The summed E-state index contributed by atoms with van der Waals surface area (Å²) in [6.45, 7) is 8.60. The van der Waals surface area contributed by atoms with E-state index < -0.39 is 95.5 Å². The first-order chi connectivity index (χ1) is 27.7. The molecule has 1 rings (SSSR count). The summed E-state index contributed by atoms with van der Waals surface area (Å²) in [5.74, 6) is -6.87. The fourth-order valence-electron chi connectivity index (χ4n) is 5.61. The third-order valence-corrected chi connectivity index (χ3v) is 10.3. The second-order valence-electron chi connectivity index (χ2n) is 14.9. The number of aromatic hydroxyl groups is 1. The Morgan fingerprint density at radius 2 is 1.20 bits per heavy atom. The Bertz CT molecular complexity index is 1570. The highest BCUT2D eigenvalue weighted by atomic mass is 32.2. The van der Waals surface area contributed by atoms with Crippen LogP contribution in [0.2, 0.25) is 0 Å². The summed E-state index contributed by atoms with van der Waals surface area (Å²) >= 11 is 1.40. The Labute approximate surface area is 350 Å². The molecule has 332 valence electrons. The minimum atomic E-state index is -1.45. The highest BCUT2D eigenvalue weighted by molar-refractivity contribution is 7.98. The predicted octanol–water partition coefficient (Wildman–Crippen LogP) is -0.875. The minimum Gasteiger partial charge on any atom is -0.508 e. The van der Waals surface area contributed by atoms with Gasteiger partial charge in [0.05, 0.1) is 6.04 Å². The van der Waals surface area contributed by atoms with Crippen molar-refractivity contribution in [2.24, 2.45) is 29.0 Å².